The maximum absolute atomic E-state index is 12.7. The second-order valence-electron chi connectivity index (χ2n) is 6.79. The Labute approximate surface area is 165 Å². The molecule has 1 aromatic carbocycles. The molecule has 2 aliphatic rings. The fraction of sp³-hybridized carbons (Fsp3) is 0.550. The molecule has 2 heterocycles. The maximum atomic E-state index is 12.7. The summed E-state index contributed by atoms with van der Waals surface area (Å²) in [5.41, 5.74) is 0.706. The molecular formula is C20H27N3O5. The molecule has 0 aliphatic carbocycles. The van der Waals surface area contributed by atoms with E-state index in [1.165, 1.54) is 0 Å². The van der Waals surface area contributed by atoms with Gasteiger partial charge in [-0.3, -0.25) is 9.59 Å². The quantitative estimate of drug-likeness (QED) is 0.768. The second-order valence-corrected chi connectivity index (χ2v) is 6.79. The van der Waals surface area contributed by atoms with E-state index in [-0.39, 0.29) is 24.3 Å². The number of benzene rings is 1. The molecule has 3 amide bonds. The fourth-order valence-electron chi connectivity index (χ4n) is 3.48. The lowest BCUT2D eigenvalue weighted by molar-refractivity contribution is -0.132. The molecule has 8 nitrogen and oxygen atoms in total. The highest BCUT2D eigenvalue weighted by Crippen LogP contribution is 2.34. The monoisotopic (exact) mass is 389 g/mol. The maximum Gasteiger partial charge on any atom is 0.409 e. The molecule has 0 N–H and O–H groups in total. The minimum atomic E-state index is -0.516. The van der Waals surface area contributed by atoms with Crippen LogP contribution in [0, 0.1) is 0 Å². The number of nitrogens with zero attached hydrogens (tertiary/aromatic N) is 3. The SMILES string of the molecule is CCOC(=O)N1CCN(C(=O)CCN2C(=O)C(CC)Oc3ccccc32)CC1. The number of amides is 3. The van der Waals surface area contributed by atoms with Crippen LogP contribution in [0.25, 0.3) is 0 Å². The highest BCUT2D eigenvalue weighted by atomic mass is 16.6. The summed E-state index contributed by atoms with van der Waals surface area (Å²) in [6.45, 7) is 6.20. The van der Waals surface area contributed by atoms with E-state index in [0.717, 1.165) is 0 Å². The Morgan fingerprint density at radius 3 is 2.46 bits per heavy atom. The topological polar surface area (TPSA) is 79.4 Å². The molecule has 1 saturated heterocycles. The van der Waals surface area contributed by atoms with Crippen molar-refractivity contribution in [3.05, 3.63) is 24.3 Å². The first-order valence-electron chi connectivity index (χ1n) is 9.81. The molecule has 0 aromatic heterocycles. The number of hydrogen-bond donors (Lipinski definition) is 0. The molecule has 152 valence electrons. The van der Waals surface area contributed by atoms with Crippen molar-refractivity contribution in [2.75, 3.05) is 44.2 Å². The van der Waals surface area contributed by atoms with E-state index in [1.54, 1.807) is 21.6 Å². The van der Waals surface area contributed by atoms with Gasteiger partial charge < -0.3 is 24.2 Å². The number of para-hydroxylation sites is 2. The van der Waals surface area contributed by atoms with Crippen LogP contribution in [0.4, 0.5) is 10.5 Å². The smallest absolute Gasteiger partial charge is 0.409 e. The molecule has 0 saturated carbocycles. The van der Waals surface area contributed by atoms with Crippen molar-refractivity contribution in [3.8, 4) is 5.75 Å². The van der Waals surface area contributed by atoms with Crippen molar-refractivity contribution in [2.24, 2.45) is 0 Å². The van der Waals surface area contributed by atoms with E-state index in [9.17, 15) is 14.4 Å². The lowest BCUT2D eigenvalue weighted by Crippen LogP contribution is -2.52. The molecule has 1 aromatic rings. The summed E-state index contributed by atoms with van der Waals surface area (Å²) in [6.07, 6.45) is -0.0440. The van der Waals surface area contributed by atoms with Gasteiger partial charge in [0.1, 0.15) is 5.75 Å². The number of hydrogen-bond acceptors (Lipinski definition) is 5. The fourth-order valence-corrected chi connectivity index (χ4v) is 3.48. The summed E-state index contributed by atoms with van der Waals surface area (Å²) in [4.78, 5) is 42.1. The standard InChI is InChI=1S/C20H27N3O5/c1-3-16-19(25)23(15-7-5-6-8-17(15)28-16)10-9-18(24)21-11-13-22(14-12-21)20(26)27-4-2/h5-8,16H,3-4,9-14H2,1-2H3. The zero-order valence-corrected chi connectivity index (χ0v) is 16.4. The van der Waals surface area contributed by atoms with Crippen molar-refractivity contribution in [1.29, 1.82) is 0 Å². The van der Waals surface area contributed by atoms with Gasteiger partial charge in [0.2, 0.25) is 5.91 Å². The first kappa shape index (κ1) is 20.0. The minimum absolute atomic E-state index is 0.0201. The highest BCUT2D eigenvalue weighted by Gasteiger charge is 2.33. The van der Waals surface area contributed by atoms with Crippen molar-refractivity contribution in [1.82, 2.24) is 9.80 Å². The van der Waals surface area contributed by atoms with Crippen LogP contribution in [-0.2, 0) is 14.3 Å². The Hall–Kier alpha value is -2.77. The number of ether oxygens (including phenoxy) is 2. The largest absolute Gasteiger partial charge is 0.478 e. The van der Waals surface area contributed by atoms with Gasteiger partial charge in [-0.05, 0) is 25.5 Å². The van der Waals surface area contributed by atoms with E-state index in [0.29, 0.717) is 57.2 Å². The molecular weight excluding hydrogens is 362 g/mol. The van der Waals surface area contributed by atoms with Gasteiger partial charge in [0, 0.05) is 39.1 Å². The molecule has 1 unspecified atom stereocenters. The number of anilines is 1. The van der Waals surface area contributed by atoms with E-state index in [4.69, 9.17) is 9.47 Å². The van der Waals surface area contributed by atoms with E-state index >= 15 is 0 Å². The third-order valence-electron chi connectivity index (χ3n) is 5.05. The van der Waals surface area contributed by atoms with E-state index < -0.39 is 6.10 Å². The van der Waals surface area contributed by atoms with Crippen LogP contribution < -0.4 is 9.64 Å². The van der Waals surface area contributed by atoms with E-state index in [2.05, 4.69) is 0 Å². The Balaban J connectivity index is 1.57. The van der Waals surface area contributed by atoms with Crippen LogP contribution >= 0.6 is 0 Å². The summed E-state index contributed by atoms with van der Waals surface area (Å²) >= 11 is 0. The number of piperazine rings is 1. The third kappa shape index (κ3) is 4.21. The zero-order valence-electron chi connectivity index (χ0n) is 16.4. The van der Waals surface area contributed by atoms with Crippen LogP contribution in [0.2, 0.25) is 0 Å². The first-order chi connectivity index (χ1) is 13.5. The molecule has 2 aliphatic heterocycles. The average Bonchev–Trinajstić information content (AvgIpc) is 2.72. The van der Waals surface area contributed by atoms with Gasteiger partial charge in [-0.15, -0.1) is 0 Å². The molecule has 28 heavy (non-hydrogen) atoms. The predicted octanol–water partition coefficient (Wildman–Crippen LogP) is 1.88. The van der Waals surface area contributed by atoms with Gasteiger partial charge in [-0.25, -0.2) is 4.79 Å². The Morgan fingerprint density at radius 2 is 1.79 bits per heavy atom. The molecule has 1 atom stereocenters. The normalized spacial score (nSPS) is 19.1. The van der Waals surface area contributed by atoms with Crippen molar-refractivity contribution < 1.29 is 23.9 Å². The van der Waals surface area contributed by atoms with Crippen LogP contribution in [0.15, 0.2) is 24.3 Å². The molecule has 0 radical (unpaired) electrons. The molecule has 1 fully saturated rings. The van der Waals surface area contributed by atoms with Crippen LogP contribution in [0.1, 0.15) is 26.7 Å². The van der Waals surface area contributed by atoms with Crippen LogP contribution in [-0.4, -0.2) is 73.1 Å². The predicted molar refractivity (Wildman–Crippen MR) is 103 cm³/mol. The summed E-state index contributed by atoms with van der Waals surface area (Å²) < 4.78 is 10.8. The summed E-state index contributed by atoms with van der Waals surface area (Å²) in [5.74, 6) is 0.541. The molecule has 8 heteroatoms. The lowest BCUT2D eigenvalue weighted by atomic mass is 10.1. The lowest BCUT2D eigenvalue weighted by Gasteiger charge is -2.36. The number of rotatable bonds is 5. The zero-order chi connectivity index (χ0) is 20.1. The van der Waals surface area contributed by atoms with Crippen molar-refractivity contribution >= 4 is 23.6 Å². The number of carbonyl (C=O) groups is 3. The van der Waals surface area contributed by atoms with Crippen LogP contribution in [0.5, 0.6) is 5.75 Å². The van der Waals surface area contributed by atoms with Gasteiger partial charge >= 0.3 is 6.09 Å². The summed E-state index contributed by atoms with van der Waals surface area (Å²) in [6, 6.07) is 7.40. The van der Waals surface area contributed by atoms with E-state index in [1.807, 2.05) is 31.2 Å². The Bertz CT molecular complexity index is 730. The number of carbonyl (C=O) groups excluding carboxylic acids is 3. The second kappa shape index (κ2) is 8.95. The molecule has 3 rings (SSSR count). The minimum Gasteiger partial charge on any atom is -0.478 e. The van der Waals surface area contributed by atoms with Crippen LogP contribution in [0.3, 0.4) is 0 Å². The summed E-state index contributed by atoms with van der Waals surface area (Å²) in [5, 5.41) is 0. The molecule has 0 bridgehead atoms. The third-order valence-corrected chi connectivity index (χ3v) is 5.05. The Morgan fingerprint density at radius 1 is 1.11 bits per heavy atom. The first-order valence-corrected chi connectivity index (χ1v) is 9.81. The van der Waals surface area contributed by atoms with Gasteiger partial charge in [0.25, 0.3) is 5.91 Å². The van der Waals surface area contributed by atoms with Gasteiger partial charge in [0.05, 0.1) is 12.3 Å². The average molecular weight is 389 g/mol. The Kier molecular flexibility index (Phi) is 6.38. The van der Waals surface area contributed by atoms with Crippen molar-refractivity contribution in [2.45, 2.75) is 32.8 Å². The van der Waals surface area contributed by atoms with Gasteiger partial charge in [-0.1, -0.05) is 19.1 Å². The van der Waals surface area contributed by atoms with Crippen molar-refractivity contribution in [3.63, 3.8) is 0 Å². The van der Waals surface area contributed by atoms with Gasteiger partial charge in [-0.2, -0.15) is 0 Å². The highest BCUT2D eigenvalue weighted by molar-refractivity contribution is 6.00. The van der Waals surface area contributed by atoms with Gasteiger partial charge in [0.15, 0.2) is 6.10 Å². The molecule has 0 spiro atoms. The number of fused-ring (bicyclic) bond motifs is 1. The summed E-state index contributed by atoms with van der Waals surface area (Å²) in [7, 11) is 0.